The van der Waals surface area contributed by atoms with Crippen molar-refractivity contribution in [2.75, 3.05) is 5.32 Å². The summed E-state index contributed by atoms with van der Waals surface area (Å²) >= 11 is 3.18. The molecule has 0 aliphatic heterocycles. The Bertz CT molecular complexity index is 554. The first-order chi connectivity index (χ1) is 9.89. The second-order valence-electron chi connectivity index (χ2n) is 5.70. The van der Waals surface area contributed by atoms with E-state index in [1.165, 1.54) is 12.5 Å². The number of benzene rings is 1. The second kappa shape index (κ2) is 6.47. The highest BCUT2D eigenvalue weighted by molar-refractivity contribution is 9.10. The van der Waals surface area contributed by atoms with Crippen LogP contribution in [0.5, 0.6) is 0 Å². The lowest BCUT2D eigenvalue weighted by molar-refractivity contribution is 0.0696. The van der Waals surface area contributed by atoms with Gasteiger partial charge in [-0.25, -0.2) is 9.59 Å². The second-order valence-corrected chi connectivity index (χ2v) is 6.55. The number of rotatable bonds is 3. The number of amides is 2. The number of carbonyl (C=O) groups is 2. The molecule has 0 atom stereocenters. The maximum absolute atomic E-state index is 12.1. The van der Waals surface area contributed by atoms with E-state index < -0.39 is 5.97 Å². The minimum Gasteiger partial charge on any atom is -0.478 e. The molecule has 1 aliphatic rings. The van der Waals surface area contributed by atoms with Crippen LogP contribution in [0.1, 0.15) is 49.4 Å². The fraction of sp³-hybridized carbons (Fsp3) is 0.467. The lowest BCUT2D eigenvalue weighted by Crippen LogP contribution is -2.48. The molecule has 0 unspecified atom stereocenters. The molecule has 5 nitrogen and oxygen atoms in total. The molecule has 0 saturated heterocycles. The van der Waals surface area contributed by atoms with Crippen LogP contribution in [0.25, 0.3) is 0 Å². The molecule has 0 bridgehead atoms. The molecule has 1 aromatic rings. The minimum absolute atomic E-state index is 0.122. The van der Waals surface area contributed by atoms with Crippen LogP contribution in [-0.4, -0.2) is 22.6 Å². The SMILES string of the molecule is CC1(NC(=O)Nc2ccc(Br)c(C(=O)O)c2)CCCCC1. The van der Waals surface area contributed by atoms with Crippen molar-refractivity contribution in [1.29, 1.82) is 0 Å². The van der Waals surface area contributed by atoms with E-state index in [1.807, 2.05) is 0 Å². The minimum atomic E-state index is -1.04. The van der Waals surface area contributed by atoms with Gasteiger partial charge < -0.3 is 15.7 Å². The van der Waals surface area contributed by atoms with Crippen molar-refractivity contribution >= 4 is 33.6 Å². The van der Waals surface area contributed by atoms with E-state index in [0.29, 0.717) is 10.2 Å². The van der Waals surface area contributed by atoms with Gasteiger partial charge in [0.2, 0.25) is 0 Å². The third-order valence-corrected chi connectivity index (χ3v) is 4.52. The number of halogens is 1. The zero-order valence-electron chi connectivity index (χ0n) is 11.9. The summed E-state index contributed by atoms with van der Waals surface area (Å²) in [5, 5.41) is 14.8. The molecule has 1 saturated carbocycles. The number of nitrogens with one attached hydrogen (secondary N) is 2. The summed E-state index contributed by atoms with van der Waals surface area (Å²) in [6.45, 7) is 2.05. The summed E-state index contributed by atoms with van der Waals surface area (Å²) in [7, 11) is 0. The number of hydrogen-bond acceptors (Lipinski definition) is 2. The largest absolute Gasteiger partial charge is 0.478 e. The normalized spacial score (nSPS) is 17.0. The standard InChI is InChI=1S/C15H19BrN2O3/c1-15(7-3-2-4-8-15)18-14(21)17-10-5-6-12(16)11(9-10)13(19)20/h5-6,9H,2-4,7-8H2,1H3,(H,19,20)(H2,17,18,21). The fourth-order valence-electron chi connectivity index (χ4n) is 2.66. The van der Waals surface area contributed by atoms with Crippen molar-refractivity contribution < 1.29 is 14.7 Å². The first kappa shape index (κ1) is 15.8. The van der Waals surface area contributed by atoms with Crippen molar-refractivity contribution in [2.24, 2.45) is 0 Å². The summed E-state index contributed by atoms with van der Waals surface area (Å²) in [5.74, 6) is -1.04. The van der Waals surface area contributed by atoms with Gasteiger partial charge in [-0.15, -0.1) is 0 Å². The smallest absolute Gasteiger partial charge is 0.336 e. The van der Waals surface area contributed by atoms with Gasteiger partial charge >= 0.3 is 12.0 Å². The van der Waals surface area contributed by atoms with Gasteiger partial charge in [0.05, 0.1) is 5.56 Å². The van der Waals surface area contributed by atoms with Crippen LogP contribution < -0.4 is 10.6 Å². The molecule has 3 N–H and O–H groups in total. The maximum Gasteiger partial charge on any atom is 0.336 e. The van der Waals surface area contributed by atoms with Crippen LogP contribution in [0.15, 0.2) is 22.7 Å². The predicted molar refractivity (Wildman–Crippen MR) is 84.7 cm³/mol. The Morgan fingerprint density at radius 3 is 2.52 bits per heavy atom. The monoisotopic (exact) mass is 354 g/mol. The number of urea groups is 1. The Hall–Kier alpha value is -1.56. The van der Waals surface area contributed by atoms with Crippen LogP contribution in [0, 0.1) is 0 Å². The van der Waals surface area contributed by atoms with Gasteiger partial charge in [-0.2, -0.15) is 0 Å². The third kappa shape index (κ3) is 4.20. The van der Waals surface area contributed by atoms with Gasteiger partial charge in [-0.3, -0.25) is 0 Å². The molecular weight excluding hydrogens is 336 g/mol. The van der Waals surface area contributed by atoms with E-state index in [9.17, 15) is 9.59 Å². The molecule has 0 spiro atoms. The van der Waals surface area contributed by atoms with Gasteiger partial charge in [0.15, 0.2) is 0 Å². The zero-order valence-corrected chi connectivity index (χ0v) is 13.5. The molecule has 0 aromatic heterocycles. The molecule has 1 fully saturated rings. The van der Waals surface area contributed by atoms with Crippen LogP contribution in [0.4, 0.5) is 10.5 Å². The summed E-state index contributed by atoms with van der Waals surface area (Å²) in [6, 6.07) is 4.42. The molecule has 0 radical (unpaired) electrons. The van der Waals surface area contributed by atoms with Gasteiger partial charge in [0, 0.05) is 15.7 Å². The molecule has 21 heavy (non-hydrogen) atoms. The maximum atomic E-state index is 12.1. The molecule has 114 valence electrons. The van der Waals surface area contributed by atoms with Gasteiger partial charge in [0.1, 0.15) is 0 Å². The van der Waals surface area contributed by atoms with Crippen molar-refractivity contribution in [3.05, 3.63) is 28.2 Å². The molecular formula is C15H19BrN2O3. The number of carboxylic acid groups (broad SMARTS) is 1. The van der Waals surface area contributed by atoms with E-state index >= 15 is 0 Å². The van der Waals surface area contributed by atoms with Crippen molar-refractivity contribution in [3.63, 3.8) is 0 Å². The number of anilines is 1. The molecule has 2 rings (SSSR count). The Morgan fingerprint density at radius 2 is 1.90 bits per heavy atom. The first-order valence-corrected chi connectivity index (χ1v) is 7.81. The van der Waals surface area contributed by atoms with E-state index in [1.54, 1.807) is 12.1 Å². The Morgan fingerprint density at radius 1 is 1.24 bits per heavy atom. The van der Waals surface area contributed by atoms with Crippen LogP contribution in [-0.2, 0) is 0 Å². The third-order valence-electron chi connectivity index (χ3n) is 3.83. The van der Waals surface area contributed by atoms with Gasteiger partial charge in [0.25, 0.3) is 0 Å². The molecule has 0 heterocycles. The summed E-state index contributed by atoms with van der Waals surface area (Å²) < 4.78 is 0.486. The van der Waals surface area contributed by atoms with E-state index in [-0.39, 0.29) is 17.1 Å². The summed E-state index contributed by atoms with van der Waals surface area (Å²) in [5.41, 5.74) is 0.414. The number of carboxylic acids is 1. The highest BCUT2D eigenvalue weighted by Crippen LogP contribution is 2.27. The van der Waals surface area contributed by atoms with E-state index in [2.05, 4.69) is 33.5 Å². The lowest BCUT2D eigenvalue weighted by Gasteiger charge is -2.34. The highest BCUT2D eigenvalue weighted by atomic mass is 79.9. The number of aromatic carboxylic acids is 1. The van der Waals surface area contributed by atoms with Gasteiger partial charge in [-0.05, 0) is 53.9 Å². The average Bonchev–Trinajstić information content (AvgIpc) is 2.40. The topological polar surface area (TPSA) is 78.4 Å². The Balaban J connectivity index is 2.02. The Labute approximate surface area is 132 Å². The highest BCUT2D eigenvalue weighted by Gasteiger charge is 2.28. The number of hydrogen-bond donors (Lipinski definition) is 3. The van der Waals surface area contributed by atoms with Crippen LogP contribution in [0.3, 0.4) is 0 Å². The summed E-state index contributed by atoms with van der Waals surface area (Å²) in [6.07, 6.45) is 5.41. The molecule has 6 heteroatoms. The average molecular weight is 355 g/mol. The van der Waals surface area contributed by atoms with E-state index in [0.717, 1.165) is 25.7 Å². The molecule has 2 amide bonds. The predicted octanol–water partition coefficient (Wildman–Crippen LogP) is 3.99. The quantitative estimate of drug-likeness (QED) is 0.767. The summed E-state index contributed by atoms with van der Waals surface area (Å²) in [4.78, 5) is 23.1. The van der Waals surface area contributed by atoms with Crippen molar-refractivity contribution in [3.8, 4) is 0 Å². The van der Waals surface area contributed by atoms with Crippen molar-refractivity contribution in [2.45, 2.75) is 44.6 Å². The van der Waals surface area contributed by atoms with Crippen molar-refractivity contribution in [1.82, 2.24) is 5.32 Å². The van der Waals surface area contributed by atoms with Crippen LogP contribution in [0.2, 0.25) is 0 Å². The fourth-order valence-corrected chi connectivity index (χ4v) is 3.08. The van der Waals surface area contributed by atoms with E-state index in [4.69, 9.17) is 5.11 Å². The zero-order chi connectivity index (χ0) is 15.5. The number of carbonyl (C=O) groups excluding carboxylic acids is 1. The van der Waals surface area contributed by atoms with Gasteiger partial charge in [-0.1, -0.05) is 19.3 Å². The molecule has 1 aliphatic carbocycles. The Kier molecular flexibility index (Phi) is 4.88. The molecule has 1 aromatic carbocycles. The lowest BCUT2D eigenvalue weighted by atomic mass is 9.83. The first-order valence-electron chi connectivity index (χ1n) is 7.02. The van der Waals surface area contributed by atoms with Crippen LogP contribution >= 0.6 is 15.9 Å².